The minimum absolute atomic E-state index is 0.110. The Kier molecular flexibility index (Phi) is 4.58. The Bertz CT molecular complexity index is 535. The van der Waals surface area contributed by atoms with Gasteiger partial charge in [-0.2, -0.15) is 0 Å². The maximum atomic E-state index is 13.4. The molecule has 1 aliphatic rings. The van der Waals surface area contributed by atoms with Gasteiger partial charge in [0.2, 0.25) is 0 Å². The summed E-state index contributed by atoms with van der Waals surface area (Å²) in [6.45, 7) is 1.69. The van der Waals surface area contributed by atoms with Gasteiger partial charge in [0.05, 0.1) is 9.70 Å². The lowest BCUT2D eigenvalue weighted by Crippen LogP contribution is -2.25. The van der Waals surface area contributed by atoms with Gasteiger partial charge in [-0.15, -0.1) is 11.3 Å². The molecular formula is C14H14BrFO2S. The molecule has 2 nitrogen and oxygen atoms in total. The second-order valence-electron chi connectivity index (χ2n) is 4.66. The zero-order valence-electron chi connectivity index (χ0n) is 10.3. The van der Waals surface area contributed by atoms with Crippen LogP contribution in [0.5, 0.6) is 0 Å². The Hall–Kier alpha value is -0.940. The van der Waals surface area contributed by atoms with Gasteiger partial charge >= 0.3 is 5.97 Å². The summed E-state index contributed by atoms with van der Waals surface area (Å²) in [7, 11) is 0. The molecule has 2 rings (SSSR count). The summed E-state index contributed by atoms with van der Waals surface area (Å²) in [5.74, 6) is -1.90. The average molecular weight is 345 g/mol. The number of carboxylic acids is 1. The maximum Gasteiger partial charge on any atom is 0.306 e. The monoisotopic (exact) mass is 344 g/mol. The molecule has 3 atom stereocenters. The van der Waals surface area contributed by atoms with Crippen LogP contribution >= 0.6 is 27.3 Å². The molecule has 0 radical (unpaired) electrons. The van der Waals surface area contributed by atoms with Crippen LogP contribution in [-0.4, -0.2) is 11.1 Å². The van der Waals surface area contributed by atoms with Crippen molar-refractivity contribution in [2.24, 2.45) is 11.8 Å². The summed E-state index contributed by atoms with van der Waals surface area (Å²) < 4.78 is 14.4. The fourth-order valence-electron chi connectivity index (χ4n) is 2.40. The summed E-state index contributed by atoms with van der Waals surface area (Å²) in [5.41, 5.74) is 0. The van der Waals surface area contributed by atoms with E-state index in [2.05, 4.69) is 15.9 Å². The largest absolute Gasteiger partial charge is 0.481 e. The first-order chi connectivity index (χ1) is 8.99. The highest BCUT2D eigenvalue weighted by Crippen LogP contribution is 2.42. The van der Waals surface area contributed by atoms with E-state index >= 15 is 0 Å². The molecule has 0 fully saturated rings. The molecule has 1 aromatic heterocycles. The predicted molar refractivity (Wildman–Crippen MR) is 78.0 cm³/mol. The number of hydrogen-bond donors (Lipinski definition) is 1. The molecule has 102 valence electrons. The highest BCUT2D eigenvalue weighted by atomic mass is 79.9. The number of hydrogen-bond acceptors (Lipinski definition) is 2. The van der Waals surface area contributed by atoms with E-state index in [9.17, 15) is 14.3 Å². The Morgan fingerprint density at radius 2 is 2.32 bits per heavy atom. The molecule has 0 aliphatic heterocycles. The lowest BCUT2D eigenvalue weighted by molar-refractivity contribution is -0.142. The van der Waals surface area contributed by atoms with Gasteiger partial charge in [0.15, 0.2) is 0 Å². The first-order valence-corrected chi connectivity index (χ1v) is 7.61. The lowest BCUT2D eigenvalue weighted by Gasteiger charge is -2.28. The lowest BCUT2D eigenvalue weighted by atomic mass is 9.78. The number of rotatable bonds is 4. The second kappa shape index (κ2) is 6.01. The van der Waals surface area contributed by atoms with E-state index in [0.717, 1.165) is 8.66 Å². The SMILES string of the molecule is C[C@H](C(=O)O)[C@@H](c1ccc(Br)s1)C1C=CC=C(F)C1. The van der Waals surface area contributed by atoms with Gasteiger partial charge in [0.1, 0.15) is 5.83 Å². The molecular weight excluding hydrogens is 331 g/mol. The van der Waals surface area contributed by atoms with Crippen molar-refractivity contribution >= 4 is 33.2 Å². The Morgan fingerprint density at radius 3 is 2.84 bits per heavy atom. The number of carbonyl (C=O) groups is 1. The first kappa shape index (κ1) is 14.5. The molecule has 0 aromatic carbocycles. The van der Waals surface area contributed by atoms with Gasteiger partial charge in [-0.1, -0.05) is 19.1 Å². The van der Waals surface area contributed by atoms with Crippen molar-refractivity contribution in [3.05, 3.63) is 44.9 Å². The van der Waals surface area contributed by atoms with Crippen molar-refractivity contribution in [1.29, 1.82) is 0 Å². The minimum atomic E-state index is -0.849. The average Bonchev–Trinajstić information content (AvgIpc) is 2.76. The Balaban J connectivity index is 2.32. The van der Waals surface area contributed by atoms with Crippen LogP contribution in [0.1, 0.15) is 24.1 Å². The summed E-state index contributed by atoms with van der Waals surface area (Å²) in [6.07, 6.45) is 5.28. The predicted octanol–water partition coefficient (Wildman–Crippen LogP) is 4.74. The molecule has 0 bridgehead atoms. The Labute approximate surface area is 123 Å². The van der Waals surface area contributed by atoms with Crippen molar-refractivity contribution in [3.8, 4) is 0 Å². The minimum Gasteiger partial charge on any atom is -0.481 e. The summed E-state index contributed by atoms with van der Waals surface area (Å²) in [6, 6.07) is 3.82. The van der Waals surface area contributed by atoms with Crippen molar-refractivity contribution in [2.45, 2.75) is 19.3 Å². The van der Waals surface area contributed by atoms with Gasteiger partial charge in [-0.25, -0.2) is 4.39 Å². The van der Waals surface area contributed by atoms with Crippen LogP contribution in [0, 0.1) is 11.8 Å². The third-order valence-electron chi connectivity index (χ3n) is 3.38. The standard InChI is InChI=1S/C14H14BrFO2S/c1-8(14(17)18)13(11-5-6-12(15)19-11)9-3-2-4-10(16)7-9/h2-6,8-9,13H,7H2,1H3,(H,17,18)/t8-,9?,13+/m0/s1. The van der Waals surface area contributed by atoms with Crippen molar-refractivity contribution in [3.63, 3.8) is 0 Å². The van der Waals surface area contributed by atoms with Crippen LogP contribution in [0.3, 0.4) is 0 Å². The Morgan fingerprint density at radius 1 is 1.58 bits per heavy atom. The van der Waals surface area contributed by atoms with Gasteiger partial charge in [-0.3, -0.25) is 4.79 Å². The van der Waals surface area contributed by atoms with E-state index < -0.39 is 11.9 Å². The van der Waals surface area contributed by atoms with Crippen LogP contribution in [-0.2, 0) is 4.79 Å². The highest BCUT2D eigenvalue weighted by Gasteiger charge is 2.33. The second-order valence-corrected chi connectivity index (χ2v) is 7.16. The smallest absolute Gasteiger partial charge is 0.306 e. The fraction of sp³-hybridized carbons (Fsp3) is 0.357. The van der Waals surface area contributed by atoms with E-state index in [1.807, 2.05) is 18.2 Å². The first-order valence-electron chi connectivity index (χ1n) is 6.00. The molecule has 19 heavy (non-hydrogen) atoms. The van der Waals surface area contributed by atoms with Gasteiger partial charge < -0.3 is 5.11 Å². The summed E-state index contributed by atoms with van der Waals surface area (Å²) >= 11 is 4.90. The highest BCUT2D eigenvalue weighted by molar-refractivity contribution is 9.11. The molecule has 5 heteroatoms. The molecule has 0 spiro atoms. The zero-order valence-corrected chi connectivity index (χ0v) is 12.7. The van der Waals surface area contributed by atoms with Crippen LogP contribution in [0.4, 0.5) is 4.39 Å². The van der Waals surface area contributed by atoms with Crippen LogP contribution in [0.25, 0.3) is 0 Å². The van der Waals surface area contributed by atoms with Crippen molar-refractivity contribution in [2.75, 3.05) is 0 Å². The number of halogens is 2. The normalized spacial score (nSPS) is 21.8. The number of carboxylic acid groups (broad SMARTS) is 1. The molecule has 0 amide bonds. The van der Waals surface area contributed by atoms with E-state index in [-0.39, 0.29) is 24.1 Å². The molecule has 1 aromatic rings. The van der Waals surface area contributed by atoms with Gasteiger partial charge in [0, 0.05) is 17.2 Å². The molecule has 0 saturated heterocycles. The van der Waals surface area contributed by atoms with Gasteiger partial charge in [-0.05, 0) is 40.1 Å². The molecule has 1 unspecified atom stereocenters. The van der Waals surface area contributed by atoms with E-state index in [1.165, 1.54) is 17.4 Å². The molecule has 0 saturated carbocycles. The van der Waals surface area contributed by atoms with Gasteiger partial charge in [0.25, 0.3) is 0 Å². The topological polar surface area (TPSA) is 37.3 Å². The maximum absolute atomic E-state index is 13.4. The van der Waals surface area contributed by atoms with E-state index in [1.54, 1.807) is 13.0 Å². The van der Waals surface area contributed by atoms with Crippen molar-refractivity contribution < 1.29 is 14.3 Å². The number of thiophene rings is 1. The van der Waals surface area contributed by atoms with Crippen LogP contribution < -0.4 is 0 Å². The van der Waals surface area contributed by atoms with Crippen LogP contribution in [0.2, 0.25) is 0 Å². The summed E-state index contributed by atoms with van der Waals surface area (Å²) in [4.78, 5) is 12.3. The third kappa shape index (κ3) is 3.34. The fourth-order valence-corrected chi connectivity index (χ4v) is 4.11. The summed E-state index contributed by atoms with van der Waals surface area (Å²) in [5, 5.41) is 9.28. The zero-order chi connectivity index (χ0) is 14.0. The number of allylic oxidation sites excluding steroid dienone is 4. The molecule has 1 aliphatic carbocycles. The van der Waals surface area contributed by atoms with E-state index in [0.29, 0.717) is 0 Å². The molecule has 1 N–H and O–H groups in total. The van der Waals surface area contributed by atoms with Crippen molar-refractivity contribution in [1.82, 2.24) is 0 Å². The third-order valence-corrected chi connectivity index (χ3v) is 5.10. The molecule has 1 heterocycles. The quantitative estimate of drug-likeness (QED) is 0.855. The van der Waals surface area contributed by atoms with Crippen LogP contribution in [0.15, 0.2) is 40.0 Å². The number of aliphatic carboxylic acids is 1. The van der Waals surface area contributed by atoms with E-state index in [4.69, 9.17) is 0 Å².